The third-order valence-corrected chi connectivity index (χ3v) is 19.8. The number of pyridine rings is 1. The van der Waals surface area contributed by atoms with Crippen LogP contribution in [0.4, 0.5) is 0 Å². The van der Waals surface area contributed by atoms with Crippen molar-refractivity contribution in [2.45, 2.75) is 131 Å². The van der Waals surface area contributed by atoms with Gasteiger partial charge in [-0.15, -0.1) is 0 Å². The van der Waals surface area contributed by atoms with Gasteiger partial charge in [-0.2, -0.15) is 11.8 Å². The topological polar surface area (TPSA) is 74.7 Å². The second-order valence-corrected chi connectivity index (χ2v) is 22.8. The van der Waals surface area contributed by atoms with Gasteiger partial charge in [0, 0.05) is 49.4 Å². The van der Waals surface area contributed by atoms with E-state index < -0.39 is 11.4 Å². The number of aromatic nitrogens is 1. The number of halogens is 1. The summed E-state index contributed by atoms with van der Waals surface area (Å²) in [6.07, 6.45) is 20.7. The zero-order chi connectivity index (χ0) is 40.4. The van der Waals surface area contributed by atoms with Crippen LogP contribution in [0.2, 0.25) is 5.02 Å². The molecule has 8 heteroatoms. The molecule has 0 aromatic carbocycles. The summed E-state index contributed by atoms with van der Waals surface area (Å²) in [4.78, 5) is 19.7. The van der Waals surface area contributed by atoms with Gasteiger partial charge in [-0.25, -0.2) is 4.98 Å². The third-order valence-electron chi connectivity index (χ3n) is 18.6. The number of ether oxygens (including phenoxy) is 1. The lowest BCUT2D eigenvalue weighted by molar-refractivity contribution is -0.221. The lowest BCUT2D eigenvalue weighted by atomic mass is 9.33. The highest BCUT2D eigenvalue weighted by molar-refractivity contribution is 7.99. The van der Waals surface area contributed by atoms with E-state index in [0.717, 1.165) is 25.3 Å². The molecule has 0 bridgehead atoms. The molecule has 1 aliphatic heterocycles. The minimum Gasteiger partial charge on any atom is -0.481 e. The minimum absolute atomic E-state index is 0.0369. The van der Waals surface area contributed by atoms with Gasteiger partial charge in [-0.1, -0.05) is 70.5 Å². The predicted octanol–water partition coefficient (Wildman–Crippen LogP) is 11.3. The molecule has 1 saturated heterocycles. The maximum Gasteiger partial charge on any atom is 0.310 e. The fourth-order valence-electron chi connectivity index (χ4n) is 15.4. The average molecular weight is 819 g/mol. The summed E-state index contributed by atoms with van der Waals surface area (Å²) in [6.45, 7) is 25.4. The molecule has 7 aliphatic rings. The maximum absolute atomic E-state index is 12.8. The first kappa shape index (κ1) is 41.9. The Morgan fingerprint density at radius 2 is 1.79 bits per heavy atom. The molecule has 5 fully saturated rings. The zero-order valence-electron chi connectivity index (χ0n) is 36.1. The van der Waals surface area contributed by atoms with E-state index in [1.165, 1.54) is 99.2 Å². The van der Waals surface area contributed by atoms with Crippen LogP contribution in [-0.2, 0) is 4.79 Å². The molecular formula is C49H72ClN3O3S. The molecular weight excluding hydrogens is 746 g/mol. The van der Waals surface area contributed by atoms with E-state index >= 15 is 0 Å². The summed E-state index contributed by atoms with van der Waals surface area (Å²) in [7, 11) is 0. The standard InChI is InChI=1S/C49H72ClN3O3S/c1-33(2)35-14-21-49(52-26-27-53-28-31-57-32-29-53)23-22-46(6)37(41(35)49)10-11-40-45(5)17-15-36(44(3,4)39(45)16-18-47(40,46)7)34-12-19-48(20-13-34,43(54)55)24-30-56-42-38(50)9-8-25-51-42/h8-9,12,15,25,35,37,39-41,52H,1,10-11,13-14,16-24,26-32H2,2-7H3,(H,54,55)/t35-,37+,39-,40+,41+,45-,46+,47+,48?,49-/m0/s1. The molecule has 6 nitrogen and oxygen atoms in total. The number of fused-ring (bicyclic) bond motifs is 7. The van der Waals surface area contributed by atoms with Crippen molar-refractivity contribution in [2.75, 3.05) is 44.3 Å². The first-order valence-electron chi connectivity index (χ1n) is 22.7. The van der Waals surface area contributed by atoms with Crippen LogP contribution < -0.4 is 10.1 Å². The van der Waals surface area contributed by atoms with Crippen molar-refractivity contribution >= 4 is 29.3 Å². The Bertz CT molecular complexity index is 1770. The van der Waals surface area contributed by atoms with E-state index in [1.807, 2.05) is 0 Å². The number of hydrogen-bond acceptors (Lipinski definition) is 6. The van der Waals surface area contributed by atoms with Crippen LogP contribution in [0.1, 0.15) is 125 Å². The van der Waals surface area contributed by atoms with Crippen LogP contribution in [-0.4, -0.2) is 70.8 Å². The third kappa shape index (κ3) is 6.91. The van der Waals surface area contributed by atoms with Gasteiger partial charge in [0.25, 0.3) is 0 Å². The number of carboxylic acids is 1. The first-order valence-corrected chi connectivity index (χ1v) is 24.2. The molecule has 1 aromatic rings. The lowest BCUT2D eigenvalue weighted by Gasteiger charge is -2.72. The maximum atomic E-state index is 12.8. The fourth-order valence-corrected chi connectivity index (χ4v) is 16.5. The van der Waals surface area contributed by atoms with Crippen molar-refractivity contribution in [3.05, 3.63) is 58.8 Å². The van der Waals surface area contributed by atoms with Crippen molar-refractivity contribution in [1.82, 2.24) is 15.2 Å². The van der Waals surface area contributed by atoms with E-state index in [9.17, 15) is 9.90 Å². The van der Waals surface area contributed by atoms with Crippen molar-refractivity contribution in [1.29, 1.82) is 0 Å². The summed E-state index contributed by atoms with van der Waals surface area (Å²) >= 11 is 8.38. The molecule has 57 heavy (non-hydrogen) atoms. The number of aliphatic carboxylic acids is 1. The van der Waals surface area contributed by atoms with Crippen LogP contribution in [0.5, 0.6) is 5.88 Å². The molecule has 10 atom stereocenters. The van der Waals surface area contributed by atoms with Gasteiger partial charge >= 0.3 is 5.97 Å². The van der Waals surface area contributed by atoms with Gasteiger partial charge in [0.05, 0.1) is 12.0 Å². The molecule has 2 N–H and O–H groups in total. The number of hydrogen-bond donors (Lipinski definition) is 2. The van der Waals surface area contributed by atoms with Gasteiger partial charge in [0.15, 0.2) is 0 Å². The van der Waals surface area contributed by atoms with E-state index in [-0.39, 0.29) is 23.0 Å². The van der Waals surface area contributed by atoms with Gasteiger partial charge < -0.3 is 20.1 Å². The quantitative estimate of drug-likeness (QED) is 0.215. The molecule has 6 aliphatic carbocycles. The van der Waals surface area contributed by atoms with Crippen LogP contribution in [0.3, 0.4) is 0 Å². The normalized spacial score (nSPS) is 41.4. The number of thioether (sulfide) groups is 1. The van der Waals surface area contributed by atoms with Gasteiger partial charge in [0.2, 0.25) is 5.88 Å². The highest BCUT2D eigenvalue weighted by Gasteiger charge is 2.70. The molecule has 314 valence electrons. The minimum atomic E-state index is -0.832. The Morgan fingerprint density at radius 1 is 1.00 bits per heavy atom. The molecule has 4 saturated carbocycles. The Morgan fingerprint density at radius 3 is 2.49 bits per heavy atom. The van der Waals surface area contributed by atoms with Crippen molar-refractivity contribution in [3.8, 4) is 5.88 Å². The number of nitrogens with one attached hydrogen (secondary N) is 1. The molecule has 0 spiro atoms. The Labute approximate surface area is 353 Å². The summed E-state index contributed by atoms with van der Waals surface area (Å²) in [5, 5.41) is 15.3. The summed E-state index contributed by atoms with van der Waals surface area (Å²) in [6, 6.07) is 3.52. The van der Waals surface area contributed by atoms with Crippen molar-refractivity contribution in [3.63, 3.8) is 0 Å². The SMILES string of the molecule is C=C(C)[C@@H]1CC[C@]2(NCCN3CCSCC3)CC[C@]3(C)[C@H](CC[C@@H]4[C@@]5(C)CC=C(C6=CCC(CCOc7ncccc7Cl)(C(=O)O)CC6)C(C)(C)[C@@H]5CC[C@]43C)[C@@H]12. The smallest absolute Gasteiger partial charge is 0.310 e. The van der Waals surface area contributed by atoms with E-state index in [1.54, 1.807) is 18.3 Å². The predicted molar refractivity (Wildman–Crippen MR) is 236 cm³/mol. The first-order chi connectivity index (χ1) is 27.1. The van der Waals surface area contributed by atoms with Crippen molar-refractivity contribution in [2.24, 2.45) is 56.7 Å². The second-order valence-electron chi connectivity index (χ2n) is 21.2. The largest absolute Gasteiger partial charge is 0.481 e. The zero-order valence-corrected chi connectivity index (χ0v) is 37.6. The monoisotopic (exact) mass is 817 g/mol. The summed E-state index contributed by atoms with van der Waals surface area (Å²) in [5.41, 5.74) is 4.67. The van der Waals surface area contributed by atoms with Crippen LogP contribution >= 0.6 is 23.4 Å². The Balaban J connectivity index is 1.00. The van der Waals surface area contributed by atoms with Gasteiger partial charge in [0.1, 0.15) is 5.02 Å². The summed E-state index contributed by atoms with van der Waals surface area (Å²) in [5.74, 6) is 5.60. The average Bonchev–Trinajstić information content (AvgIpc) is 3.56. The highest BCUT2D eigenvalue weighted by atomic mass is 35.5. The molecule has 1 aromatic heterocycles. The van der Waals surface area contributed by atoms with Crippen LogP contribution in [0.25, 0.3) is 0 Å². The molecule has 0 amide bonds. The fraction of sp³-hybridized carbons (Fsp3) is 0.755. The Kier molecular flexibility index (Phi) is 11.5. The number of carbonyl (C=O) groups is 1. The molecule has 0 radical (unpaired) electrons. The van der Waals surface area contributed by atoms with E-state index in [2.05, 4.69) is 87.2 Å². The van der Waals surface area contributed by atoms with Crippen LogP contribution in [0, 0.1) is 56.7 Å². The molecule has 2 heterocycles. The van der Waals surface area contributed by atoms with Crippen molar-refractivity contribution < 1.29 is 14.6 Å². The van der Waals surface area contributed by atoms with Crippen LogP contribution in [0.15, 0.2) is 53.8 Å². The number of rotatable bonds is 11. The Hall–Kier alpha value is -1.80. The second kappa shape index (κ2) is 15.6. The summed E-state index contributed by atoms with van der Waals surface area (Å²) < 4.78 is 5.88. The van der Waals surface area contributed by atoms with E-state index in [0.29, 0.717) is 64.7 Å². The number of allylic oxidation sites excluding steroid dienone is 5. The lowest BCUT2D eigenvalue weighted by Crippen LogP contribution is -2.68. The van der Waals surface area contributed by atoms with E-state index in [4.69, 9.17) is 16.3 Å². The molecule has 1 unspecified atom stereocenters. The number of nitrogens with zero attached hydrogens (tertiary/aromatic N) is 2. The number of carboxylic acid groups (broad SMARTS) is 1. The highest BCUT2D eigenvalue weighted by Crippen LogP contribution is 2.76. The molecule has 8 rings (SSSR count). The van der Waals surface area contributed by atoms with Gasteiger partial charge in [-0.05, 0) is 165 Å². The van der Waals surface area contributed by atoms with Gasteiger partial charge in [-0.3, -0.25) is 4.79 Å².